The molecule has 3 heterocycles. The molecule has 0 aliphatic carbocycles. The molecule has 8 nitrogen and oxygen atoms in total. The Labute approximate surface area is 177 Å². The van der Waals surface area contributed by atoms with Gasteiger partial charge in [0.15, 0.2) is 5.75 Å². The highest BCUT2D eigenvalue weighted by Gasteiger charge is 2.25. The molecule has 1 fully saturated rings. The number of ether oxygens (including phenoxy) is 2. The first-order valence-electron chi connectivity index (χ1n) is 9.75. The van der Waals surface area contributed by atoms with Crippen LogP contribution in [0.25, 0.3) is 0 Å². The smallest absolute Gasteiger partial charge is 0.333 e. The summed E-state index contributed by atoms with van der Waals surface area (Å²) in [5.74, 6) is 0.679. The van der Waals surface area contributed by atoms with Gasteiger partial charge in [-0.25, -0.2) is 9.67 Å². The van der Waals surface area contributed by atoms with Crippen LogP contribution in [0.2, 0.25) is 0 Å². The summed E-state index contributed by atoms with van der Waals surface area (Å²) in [6.07, 6.45) is 4.15. The van der Waals surface area contributed by atoms with Crippen LogP contribution in [0.5, 0.6) is 11.5 Å². The Bertz CT molecular complexity index is 1050. The highest BCUT2D eigenvalue weighted by atomic mass is 19.3. The third-order valence-electron chi connectivity index (χ3n) is 4.93. The summed E-state index contributed by atoms with van der Waals surface area (Å²) in [5.41, 5.74) is 6.84. The lowest BCUT2D eigenvalue weighted by atomic mass is 9.96. The number of nitrogens with two attached hydrogens (primary N) is 1. The van der Waals surface area contributed by atoms with Crippen LogP contribution in [0, 0.1) is 0 Å². The van der Waals surface area contributed by atoms with Crippen molar-refractivity contribution in [2.75, 3.05) is 18.5 Å². The zero-order valence-electron chi connectivity index (χ0n) is 16.5. The van der Waals surface area contributed by atoms with Gasteiger partial charge in [0.1, 0.15) is 17.3 Å². The van der Waals surface area contributed by atoms with Crippen molar-refractivity contribution in [1.82, 2.24) is 14.8 Å². The summed E-state index contributed by atoms with van der Waals surface area (Å²) in [5, 5.41) is 7.16. The molecule has 3 N–H and O–H groups in total. The molecule has 31 heavy (non-hydrogen) atoms. The topological polar surface area (TPSA) is 104 Å². The normalized spacial score (nSPS) is 14.5. The minimum Gasteiger partial charge on any atom is -0.454 e. The van der Waals surface area contributed by atoms with E-state index in [-0.39, 0.29) is 11.7 Å². The van der Waals surface area contributed by atoms with E-state index in [4.69, 9.17) is 15.2 Å². The molecule has 0 saturated carbocycles. The fourth-order valence-corrected chi connectivity index (χ4v) is 3.36. The molecule has 0 unspecified atom stereocenters. The van der Waals surface area contributed by atoms with Crippen molar-refractivity contribution < 1.29 is 23.0 Å². The summed E-state index contributed by atoms with van der Waals surface area (Å²) in [6.45, 7) is -1.64. The van der Waals surface area contributed by atoms with Crippen LogP contribution in [-0.4, -0.2) is 33.9 Å². The van der Waals surface area contributed by atoms with Crippen molar-refractivity contribution in [3.8, 4) is 11.5 Å². The van der Waals surface area contributed by atoms with Crippen LogP contribution in [0.15, 0.2) is 48.8 Å². The average Bonchev–Trinajstić information content (AvgIpc) is 3.19. The Morgan fingerprint density at radius 2 is 1.97 bits per heavy atom. The summed E-state index contributed by atoms with van der Waals surface area (Å²) in [6, 6.07) is 9.88. The zero-order chi connectivity index (χ0) is 21.8. The Morgan fingerprint density at radius 3 is 2.65 bits per heavy atom. The molecular weight excluding hydrogens is 408 g/mol. The first-order valence-corrected chi connectivity index (χ1v) is 9.75. The Kier molecular flexibility index (Phi) is 6.08. The second kappa shape index (κ2) is 9.09. The molecule has 1 saturated heterocycles. The number of pyridine rings is 1. The lowest BCUT2D eigenvalue weighted by Crippen LogP contribution is -2.15. The Morgan fingerprint density at radius 1 is 1.23 bits per heavy atom. The van der Waals surface area contributed by atoms with Gasteiger partial charge in [-0.3, -0.25) is 4.79 Å². The van der Waals surface area contributed by atoms with Gasteiger partial charge in [-0.15, -0.1) is 0 Å². The molecule has 0 bridgehead atoms. The van der Waals surface area contributed by atoms with E-state index >= 15 is 0 Å². The molecule has 2 aromatic heterocycles. The monoisotopic (exact) mass is 429 g/mol. The number of amides is 1. The van der Waals surface area contributed by atoms with E-state index in [1.807, 2.05) is 0 Å². The van der Waals surface area contributed by atoms with Crippen molar-refractivity contribution in [2.45, 2.75) is 25.3 Å². The first-order chi connectivity index (χ1) is 15.0. The minimum absolute atomic E-state index is 0.00745. The van der Waals surface area contributed by atoms with Crippen molar-refractivity contribution in [1.29, 1.82) is 0 Å². The number of rotatable bonds is 7. The summed E-state index contributed by atoms with van der Waals surface area (Å²) < 4.78 is 38.3. The Balaban J connectivity index is 1.53. The van der Waals surface area contributed by atoms with Gasteiger partial charge in [0.05, 0.1) is 6.20 Å². The van der Waals surface area contributed by atoms with Gasteiger partial charge < -0.3 is 20.5 Å². The number of nitrogens with zero attached hydrogens (tertiary/aromatic N) is 3. The lowest BCUT2D eigenvalue weighted by molar-refractivity contribution is 0.0546. The van der Waals surface area contributed by atoms with E-state index in [9.17, 15) is 13.6 Å². The third kappa shape index (κ3) is 4.97. The van der Waals surface area contributed by atoms with E-state index in [1.54, 1.807) is 42.6 Å². The number of alkyl halides is 2. The number of primary amides is 1. The lowest BCUT2D eigenvalue weighted by Gasteiger charge is -2.21. The second-order valence-corrected chi connectivity index (χ2v) is 7.07. The van der Waals surface area contributed by atoms with E-state index < -0.39 is 12.5 Å². The van der Waals surface area contributed by atoms with Gasteiger partial charge in [0.2, 0.25) is 5.91 Å². The fraction of sp³-hybridized carbons (Fsp3) is 0.286. The number of aromatic nitrogens is 3. The molecular formula is C21H21F2N5O3. The van der Waals surface area contributed by atoms with Gasteiger partial charge in [-0.05, 0) is 43.2 Å². The van der Waals surface area contributed by atoms with E-state index in [2.05, 4.69) is 15.4 Å². The fourth-order valence-electron chi connectivity index (χ4n) is 3.36. The van der Waals surface area contributed by atoms with Gasteiger partial charge >= 0.3 is 6.55 Å². The number of nitrogens with one attached hydrogen (secondary N) is 1. The van der Waals surface area contributed by atoms with Crippen LogP contribution in [0.1, 0.15) is 41.4 Å². The second-order valence-electron chi connectivity index (χ2n) is 7.07. The SMILES string of the molecule is NC(=O)c1ccc(Nc2cc(Oc3cn(C(F)F)nc3C3CCOCC3)ccn2)cc1. The van der Waals surface area contributed by atoms with Crippen LogP contribution < -0.4 is 15.8 Å². The maximum atomic E-state index is 13.2. The average molecular weight is 429 g/mol. The standard InChI is InChI=1S/C21H21F2N5O3/c22-21(23)28-12-17(19(27-28)13-6-9-30-10-7-13)31-16-5-8-25-18(11-16)26-15-3-1-14(2-4-15)20(24)29/h1-5,8,11-13,21H,6-7,9-10H2,(H2,24,29)(H,25,26). The number of halogens is 2. The summed E-state index contributed by atoms with van der Waals surface area (Å²) in [7, 11) is 0. The van der Waals surface area contributed by atoms with Crippen molar-refractivity contribution >= 4 is 17.4 Å². The number of hydrogen-bond donors (Lipinski definition) is 2. The number of hydrogen-bond acceptors (Lipinski definition) is 6. The molecule has 0 radical (unpaired) electrons. The van der Waals surface area contributed by atoms with Crippen LogP contribution in [-0.2, 0) is 4.74 Å². The van der Waals surface area contributed by atoms with Crippen LogP contribution in [0.3, 0.4) is 0 Å². The summed E-state index contributed by atoms with van der Waals surface area (Å²) >= 11 is 0. The molecule has 0 atom stereocenters. The number of benzene rings is 1. The third-order valence-corrected chi connectivity index (χ3v) is 4.93. The molecule has 1 amide bonds. The van der Waals surface area contributed by atoms with E-state index in [1.165, 1.54) is 6.20 Å². The van der Waals surface area contributed by atoms with Crippen LogP contribution in [0.4, 0.5) is 20.3 Å². The summed E-state index contributed by atoms with van der Waals surface area (Å²) in [4.78, 5) is 15.4. The Hall–Kier alpha value is -3.53. The molecule has 1 aromatic carbocycles. The number of anilines is 2. The van der Waals surface area contributed by atoms with Crippen LogP contribution >= 0.6 is 0 Å². The van der Waals surface area contributed by atoms with Gasteiger partial charge in [0.25, 0.3) is 0 Å². The predicted octanol–water partition coefficient (Wildman–Crippen LogP) is 4.20. The van der Waals surface area contributed by atoms with Gasteiger partial charge in [-0.1, -0.05) is 0 Å². The molecule has 10 heteroatoms. The zero-order valence-corrected chi connectivity index (χ0v) is 16.5. The maximum absolute atomic E-state index is 13.2. The van der Waals surface area contributed by atoms with Crippen molar-refractivity contribution in [3.63, 3.8) is 0 Å². The molecule has 162 valence electrons. The largest absolute Gasteiger partial charge is 0.454 e. The molecule has 0 spiro atoms. The minimum atomic E-state index is -2.76. The first kappa shape index (κ1) is 20.7. The molecule has 3 aromatic rings. The quantitative estimate of drug-likeness (QED) is 0.583. The van der Waals surface area contributed by atoms with Gasteiger partial charge in [-0.2, -0.15) is 13.9 Å². The van der Waals surface area contributed by atoms with E-state index in [0.717, 1.165) is 0 Å². The number of carbonyl (C=O) groups excluding carboxylic acids is 1. The predicted molar refractivity (Wildman–Crippen MR) is 109 cm³/mol. The van der Waals surface area contributed by atoms with E-state index in [0.29, 0.717) is 59.2 Å². The molecule has 4 rings (SSSR count). The van der Waals surface area contributed by atoms with Gasteiger partial charge in [0, 0.05) is 42.6 Å². The highest BCUT2D eigenvalue weighted by Crippen LogP contribution is 2.36. The maximum Gasteiger partial charge on any atom is 0.333 e. The highest BCUT2D eigenvalue weighted by molar-refractivity contribution is 5.93. The van der Waals surface area contributed by atoms with Crippen molar-refractivity contribution in [3.05, 3.63) is 60.0 Å². The number of carbonyl (C=O) groups is 1. The molecule has 1 aliphatic heterocycles. The van der Waals surface area contributed by atoms with Crippen molar-refractivity contribution in [2.24, 2.45) is 5.73 Å². The molecule has 1 aliphatic rings.